The molecule has 5 nitrogen and oxygen atoms in total. The Morgan fingerprint density at radius 3 is 2.68 bits per heavy atom. The lowest BCUT2D eigenvalue weighted by atomic mass is 9.93. The zero-order valence-corrected chi connectivity index (χ0v) is 12.7. The Bertz CT molecular complexity index is 765. The van der Waals surface area contributed by atoms with E-state index in [-0.39, 0.29) is 12.3 Å². The van der Waals surface area contributed by atoms with Crippen LogP contribution in [0.2, 0.25) is 0 Å². The van der Waals surface area contributed by atoms with Crippen LogP contribution in [-0.2, 0) is 0 Å². The van der Waals surface area contributed by atoms with Gasteiger partial charge in [0.25, 0.3) is 0 Å². The van der Waals surface area contributed by atoms with E-state index in [4.69, 9.17) is 5.73 Å². The molecule has 0 saturated heterocycles. The summed E-state index contributed by atoms with van der Waals surface area (Å²) in [5, 5.41) is 0. The number of aromatic nitrogens is 1. The van der Waals surface area contributed by atoms with Gasteiger partial charge in [0.15, 0.2) is 5.78 Å². The van der Waals surface area contributed by atoms with Crippen LogP contribution in [0.15, 0.2) is 41.7 Å². The zero-order chi connectivity index (χ0) is 15.7. The maximum Gasteiger partial charge on any atom is 0.184 e. The van der Waals surface area contributed by atoms with Gasteiger partial charge in [-0.3, -0.25) is 14.8 Å². The monoisotopic (exact) mass is 294 g/mol. The number of pyridine rings is 1. The van der Waals surface area contributed by atoms with Crippen molar-refractivity contribution < 1.29 is 4.79 Å². The van der Waals surface area contributed by atoms with Crippen molar-refractivity contribution in [3.05, 3.63) is 47.8 Å². The summed E-state index contributed by atoms with van der Waals surface area (Å²) in [7, 11) is 3.96. The fraction of sp³-hybridized carbons (Fsp3) is 0.235. The Morgan fingerprint density at radius 2 is 1.95 bits per heavy atom. The number of hydrogen-bond acceptors (Lipinski definition) is 5. The second-order valence-electron chi connectivity index (χ2n) is 5.48. The van der Waals surface area contributed by atoms with E-state index in [1.807, 2.05) is 49.6 Å². The number of carbonyl (C=O) groups excluding carboxylic acids is 1. The SMILES string of the molecule is CN(C)c1cncc(-c2ccc3c(c2)C(CN)=NCC3=O)c1. The maximum absolute atomic E-state index is 12.0. The molecule has 0 amide bonds. The lowest BCUT2D eigenvalue weighted by molar-refractivity contribution is 0.1000. The first kappa shape index (κ1) is 14.4. The van der Waals surface area contributed by atoms with Gasteiger partial charge < -0.3 is 10.6 Å². The first-order valence-corrected chi connectivity index (χ1v) is 7.14. The molecule has 5 heteroatoms. The highest BCUT2D eigenvalue weighted by atomic mass is 16.1. The zero-order valence-electron chi connectivity index (χ0n) is 12.7. The summed E-state index contributed by atoms with van der Waals surface area (Å²) in [6, 6.07) is 7.86. The molecular formula is C17H18N4O. The summed E-state index contributed by atoms with van der Waals surface area (Å²) in [5.41, 5.74) is 11.1. The average Bonchev–Trinajstić information content (AvgIpc) is 2.55. The molecule has 0 bridgehead atoms. The predicted octanol–water partition coefficient (Wildman–Crippen LogP) is 1.76. The lowest BCUT2D eigenvalue weighted by Crippen LogP contribution is -2.24. The largest absolute Gasteiger partial charge is 0.376 e. The predicted molar refractivity (Wildman–Crippen MR) is 88.8 cm³/mol. The summed E-state index contributed by atoms with van der Waals surface area (Å²) >= 11 is 0. The van der Waals surface area contributed by atoms with Crippen LogP contribution < -0.4 is 10.6 Å². The topological polar surface area (TPSA) is 71.6 Å². The molecule has 0 fully saturated rings. The lowest BCUT2D eigenvalue weighted by Gasteiger charge is -2.17. The summed E-state index contributed by atoms with van der Waals surface area (Å²) < 4.78 is 0. The van der Waals surface area contributed by atoms with Crippen LogP contribution in [0.5, 0.6) is 0 Å². The third-order valence-corrected chi connectivity index (χ3v) is 3.81. The minimum Gasteiger partial charge on any atom is -0.376 e. The number of benzene rings is 1. The number of fused-ring (bicyclic) bond motifs is 1. The molecule has 3 rings (SSSR count). The van der Waals surface area contributed by atoms with Crippen LogP contribution in [0.4, 0.5) is 5.69 Å². The Morgan fingerprint density at radius 1 is 1.14 bits per heavy atom. The quantitative estimate of drug-likeness (QED) is 0.936. The standard InChI is InChI=1S/C17H18N4O/c1-21(2)13-5-12(8-19-9-13)11-3-4-14-15(6-11)16(7-18)20-10-17(14)22/h3-6,8-9H,7,10,18H2,1-2H3. The van der Waals surface area contributed by atoms with Crippen LogP contribution >= 0.6 is 0 Å². The molecule has 1 aliphatic rings. The van der Waals surface area contributed by atoms with Gasteiger partial charge in [-0.25, -0.2) is 0 Å². The fourth-order valence-corrected chi connectivity index (χ4v) is 2.55. The molecule has 22 heavy (non-hydrogen) atoms. The number of nitrogens with two attached hydrogens (primary N) is 1. The first-order chi connectivity index (χ1) is 10.6. The Labute approximate surface area is 129 Å². The normalized spacial score (nSPS) is 13.6. The van der Waals surface area contributed by atoms with Crippen molar-refractivity contribution in [3.8, 4) is 11.1 Å². The molecule has 0 radical (unpaired) electrons. The van der Waals surface area contributed by atoms with E-state index < -0.39 is 0 Å². The molecule has 2 aromatic rings. The highest BCUT2D eigenvalue weighted by Gasteiger charge is 2.20. The summed E-state index contributed by atoms with van der Waals surface area (Å²) in [5.74, 6) is 0.0407. The molecule has 0 saturated carbocycles. The van der Waals surface area contributed by atoms with Gasteiger partial charge in [0, 0.05) is 43.5 Å². The third-order valence-electron chi connectivity index (χ3n) is 3.81. The Balaban J connectivity index is 2.09. The van der Waals surface area contributed by atoms with Crippen LogP contribution in [0.25, 0.3) is 11.1 Å². The van der Waals surface area contributed by atoms with Crippen LogP contribution in [0.3, 0.4) is 0 Å². The number of hydrogen-bond donors (Lipinski definition) is 1. The second kappa shape index (κ2) is 5.69. The van der Waals surface area contributed by atoms with E-state index in [0.29, 0.717) is 12.1 Å². The van der Waals surface area contributed by atoms with Crippen molar-refractivity contribution in [1.82, 2.24) is 4.98 Å². The van der Waals surface area contributed by atoms with Crippen LogP contribution in [0.1, 0.15) is 15.9 Å². The molecule has 1 aromatic carbocycles. The van der Waals surface area contributed by atoms with E-state index in [1.165, 1.54) is 0 Å². The molecular weight excluding hydrogens is 276 g/mol. The van der Waals surface area contributed by atoms with Crippen molar-refractivity contribution in [2.24, 2.45) is 10.7 Å². The van der Waals surface area contributed by atoms with Crippen LogP contribution in [0, 0.1) is 0 Å². The molecule has 112 valence electrons. The minimum absolute atomic E-state index is 0.0407. The van der Waals surface area contributed by atoms with Gasteiger partial charge in [-0.1, -0.05) is 12.1 Å². The van der Waals surface area contributed by atoms with E-state index in [2.05, 4.69) is 16.0 Å². The number of ketones is 1. The number of rotatable bonds is 3. The number of nitrogens with zero attached hydrogens (tertiary/aromatic N) is 3. The molecule has 0 spiro atoms. The third kappa shape index (κ3) is 2.51. The maximum atomic E-state index is 12.0. The molecule has 0 atom stereocenters. The second-order valence-corrected chi connectivity index (χ2v) is 5.48. The van der Waals surface area contributed by atoms with Gasteiger partial charge >= 0.3 is 0 Å². The van der Waals surface area contributed by atoms with Crippen molar-refractivity contribution in [2.75, 3.05) is 32.1 Å². The molecule has 2 heterocycles. The van der Waals surface area contributed by atoms with Gasteiger partial charge in [0.1, 0.15) is 6.54 Å². The van der Waals surface area contributed by atoms with Crippen molar-refractivity contribution in [3.63, 3.8) is 0 Å². The van der Waals surface area contributed by atoms with Crippen molar-refractivity contribution in [2.45, 2.75) is 0 Å². The number of Topliss-reactive ketones (excluding diaryl/α,β-unsaturated/α-hetero) is 1. The van der Waals surface area contributed by atoms with Crippen molar-refractivity contribution in [1.29, 1.82) is 0 Å². The Hall–Kier alpha value is -2.53. The first-order valence-electron chi connectivity index (χ1n) is 7.14. The van der Waals surface area contributed by atoms with Gasteiger partial charge in [0.05, 0.1) is 17.6 Å². The summed E-state index contributed by atoms with van der Waals surface area (Å²) in [6.45, 7) is 0.524. The summed E-state index contributed by atoms with van der Waals surface area (Å²) in [6.07, 6.45) is 3.64. The van der Waals surface area contributed by atoms with E-state index >= 15 is 0 Å². The van der Waals surface area contributed by atoms with Gasteiger partial charge in [-0.15, -0.1) is 0 Å². The Kier molecular flexibility index (Phi) is 3.73. The number of anilines is 1. The number of carbonyl (C=O) groups is 1. The van der Waals surface area contributed by atoms with Gasteiger partial charge in [0.2, 0.25) is 0 Å². The van der Waals surface area contributed by atoms with Gasteiger partial charge in [-0.2, -0.15) is 0 Å². The minimum atomic E-state index is 0.0407. The van der Waals surface area contributed by atoms with Crippen molar-refractivity contribution >= 4 is 17.2 Å². The molecule has 0 unspecified atom stereocenters. The highest BCUT2D eigenvalue weighted by molar-refractivity contribution is 6.16. The van der Waals surface area contributed by atoms with E-state index in [1.54, 1.807) is 0 Å². The average molecular weight is 294 g/mol. The van der Waals surface area contributed by atoms with Crippen LogP contribution in [-0.4, -0.2) is 43.7 Å². The molecule has 0 aliphatic carbocycles. The smallest absolute Gasteiger partial charge is 0.184 e. The summed E-state index contributed by atoms with van der Waals surface area (Å²) in [4.78, 5) is 22.5. The molecule has 1 aromatic heterocycles. The molecule has 1 aliphatic heterocycles. The molecule has 2 N–H and O–H groups in total. The van der Waals surface area contributed by atoms with E-state index in [9.17, 15) is 4.79 Å². The fourth-order valence-electron chi connectivity index (χ4n) is 2.55. The van der Waals surface area contributed by atoms with Gasteiger partial charge in [-0.05, 0) is 17.7 Å². The number of aliphatic imine (C=N–C) groups is 1. The van der Waals surface area contributed by atoms with E-state index in [0.717, 1.165) is 28.1 Å². The highest BCUT2D eigenvalue weighted by Crippen LogP contribution is 2.27.